The molecule has 2 rings (SSSR count). The standard InChI is InChI=1S/C9H18N2OS/c1-2-6-3-4-9(7(6)13)5-10-8(12)11-9/h6-8,10-13H,2-5H2,1H3. The largest absolute Gasteiger partial charge is 0.365 e. The van der Waals surface area contributed by atoms with Crippen LogP contribution < -0.4 is 10.6 Å². The second-order valence-corrected chi connectivity index (χ2v) is 4.79. The molecule has 1 saturated heterocycles. The van der Waals surface area contributed by atoms with Gasteiger partial charge in [0.2, 0.25) is 0 Å². The number of aliphatic hydroxyl groups excluding tert-OH is 1. The SMILES string of the molecule is CCC1CCC2(CNC(O)N2)C1S. The molecule has 2 aliphatic rings. The molecule has 0 aromatic carbocycles. The fourth-order valence-corrected chi connectivity index (χ4v) is 3.29. The van der Waals surface area contributed by atoms with E-state index in [0.29, 0.717) is 11.2 Å². The highest BCUT2D eigenvalue weighted by Gasteiger charge is 2.49. The summed E-state index contributed by atoms with van der Waals surface area (Å²) in [6.45, 7) is 3.06. The van der Waals surface area contributed by atoms with Gasteiger partial charge in [-0.2, -0.15) is 12.6 Å². The number of rotatable bonds is 1. The van der Waals surface area contributed by atoms with Gasteiger partial charge in [-0.1, -0.05) is 13.3 Å². The van der Waals surface area contributed by atoms with Gasteiger partial charge in [-0.05, 0) is 18.8 Å². The number of hydrogen-bond donors (Lipinski definition) is 4. The second-order valence-electron chi connectivity index (χ2n) is 4.24. The molecule has 3 N–H and O–H groups in total. The van der Waals surface area contributed by atoms with Gasteiger partial charge in [-0.15, -0.1) is 0 Å². The molecule has 13 heavy (non-hydrogen) atoms. The van der Waals surface area contributed by atoms with Crippen LogP contribution in [-0.2, 0) is 0 Å². The zero-order valence-electron chi connectivity index (χ0n) is 7.95. The summed E-state index contributed by atoms with van der Waals surface area (Å²) in [5.74, 6) is 0.697. The molecule has 0 bridgehead atoms. The van der Waals surface area contributed by atoms with Crippen molar-refractivity contribution in [2.24, 2.45) is 5.92 Å². The minimum absolute atomic E-state index is 0.0448. The number of aliphatic hydroxyl groups is 1. The summed E-state index contributed by atoms with van der Waals surface area (Å²) in [5, 5.41) is 16.0. The third-order valence-electron chi connectivity index (χ3n) is 3.53. The zero-order valence-corrected chi connectivity index (χ0v) is 8.85. The lowest BCUT2D eigenvalue weighted by atomic mass is 9.95. The predicted octanol–water partition coefficient (Wildman–Crippen LogP) is 0.312. The van der Waals surface area contributed by atoms with Gasteiger partial charge < -0.3 is 5.11 Å². The van der Waals surface area contributed by atoms with Crippen molar-refractivity contribution in [3.8, 4) is 0 Å². The van der Waals surface area contributed by atoms with Gasteiger partial charge >= 0.3 is 0 Å². The van der Waals surface area contributed by atoms with E-state index >= 15 is 0 Å². The maximum Gasteiger partial charge on any atom is 0.161 e. The maximum atomic E-state index is 9.38. The summed E-state index contributed by atoms with van der Waals surface area (Å²) >= 11 is 4.68. The molecule has 1 heterocycles. The number of thiol groups is 1. The Labute approximate surface area is 84.7 Å². The third-order valence-corrected chi connectivity index (χ3v) is 4.45. The molecule has 1 spiro atoms. The van der Waals surface area contributed by atoms with Crippen LogP contribution in [0, 0.1) is 5.92 Å². The molecule has 0 radical (unpaired) electrons. The molecule has 0 aromatic heterocycles. The van der Waals surface area contributed by atoms with Gasteiger partial charge in [-0.25, -0.2) is 0 Å². The minimum Gasteiger partial charge on any atom is -0.365 e. The van der Waals surface area contributed by atoms with Crippen molar-refractivity contribution in [2.75, 3.05) is 6.54 Å². The van der Waals surface area contributed by atoms with Crippen LogP contribution in [0.1, 0.15) is 26.2 Å². The van der Waals surface area contributed by atoms with Gasteiger partial charge in [0.25, 0.3) is 0 Å². The van der Waals surface area contributed by atoms with Crippen LogP contribution >= 0.6 is 12.6 Å². The fourth-order valence-electron chi connectivity index (χ4n) is 2.63. The Kier molecular flexibility index (Phi) is 2.57. The Hall–Kier alpha value is 0.230. The topological polar surface area (TPSA) is 44.3 Å². The Balaban J connectivity index is 2.08. The first-order valence-electron chi connectivity index (χ1n) is 5.05. The third kappa shape index (κ3) is 1.50. The van der Waals surface area contributed by atoms with Crippen LogP contribution in [0.2, 0.25) is 0 Å². The molecule has 1 saturated carbocycles. The van der Waals surface area contributed by atoms with Crippen molar-refractivity contribution in [3.63, 3.8) is 0 Å². The lowest BCUT2D eigenvalue weighted by Gasteiger charge is -2.29. The Morgan fingerprint density at radius 2 is 2.38 bits per heavy atom. The molecule has 0 amide bonds. The molecule has 4 atom stereocenters. The summed E-state index contributed by atoms with van der Waals surface area (Å²) < 4.78 is 0. The van der Waals surface area contributed by atoms with E-state index in [9.17, 15) is 5.11 Å². The highest BCUT2D eigenvalue weighted by atomic mass is 32.1. The van der Waals surface area contributed by atoms with Gasteiger partial charge in [-0.3, -0.25) is 10.6 Å². The van der Waals surface area contributed by atoms with Gasteiger partial charge in [0, 0.05) is 17.3 Å². The first-order chi connectivity index (χ1) is 6.18. The monoisotopic (exact) mass is 202 g/mol. The van der Waals surface area contributed by atoms with E-state index in [-0.39, 0.29) is 5.54 Å². The number of hydrogen-bond acceptors (Lipinski definition) is 4. The summed E-state index contributed by atoms with van der Waals surface area (Å²) in [7, 11) is 0. The second kappa shape index (κ2) is 3.42. The van der Waals surface area contributed by atoms with E-state index < -0.39 is 6.35 Å². The smallest absolute Gasteiger partial charge is 0.161 e. The molecule has 3 nitrogen and oxygen atoms in total. The Bertz CT molecular complexity index is 202. The summed E-state index contributed by atoms with van der Waals surface area (Å²) in [4.78, 5) is 0. The van der Waals surface area contributed by atoms with Crippen molar-refractivity contribution in [3.05, 3.63) is 0 Å². The predicted molar refractivity (Wildman–Crippen MR) is 55.7 cm³/mol. The minimum atomic E-state index is -0.537. The van der Waals surface area contributed by atoms with Crippen LogP contribution in [0.3, 0.4) is 0 Å². The molecule has 76 valence electrons. The van der Waals surface area contributed by atoms with Crippen molar-refractivity contribution >= 4 is 12.6 Å². The first-order valence-corrected chi connectivity index (χ1v) is 5.57. The summed E-state index contributed by atoms with van der Waals surface area (Å²) in [6, 6.07) is 0. The molecule has 4 unspecified atom stereocenters. The van der Waals surface area contributed by atoms with E-state index in [1.165, 1.54) is 12.8 Å². The quantitative estimate of drug-likeness (QED) is 0.463. The molecule has 1 aliphatic carbocycles. The molecule has 2 fully saturated rings. The zero-order chi connectivity index (χ0) is 9.47. The van der Waals surface area contributed by atoms with E-state index in [4.69, 9.17) is 0 Å². The average molecular weight is 202 g/mol. The van der Waals surface area contributed by atoms with E-state index in [1.54, 1.807) is 0 Å². The Morgan fingerprint density at radius 1 is 1.62 bits per heavy atom. The molecule has 1 aliphatic heterocycles. The first kappa shape index (κ1) is 9.77. The van der Waals surface area contributed by atoms with Crippen LogP contribution in [-0.4, -0.2) is 28.8 Å². The van der Waals surface area contributed by atoms with Crippen molar-refractivity contribution in [1.82, 2.24) is 10.6 Å². The summed E-state index contributed by atoms with van der Waals surface area (Å²) in [6.07, 6.45) is 3.01. The number of nitrogens with one attached hydrogen (secondary N) is 2. The van der Waals surface area contributed by atoms with Gasteiger partial charge in [0.15, 0.2) is 6.35 Å². The average Bonchev–Trinajstić information content (AvgIpc) is 2.62. The molecular formula is C9H18N2OS. The van der Waals surface area contributed by atoms with Crippen LogP contribution in [0.5, 0.6) is 0 Å². The lowest BCUT2D eigenvalue weighted by molar-refractivity contribution is 0.123. The molecular weight excluding hydrogens is 184 g/mol. The van der Waals surface area contributed by atoms with Crippen molar-refractivity contribution < 1.29 is 5.11 Å². The summed E-state index contributed by atoms with van der Waals surface area (Å²) in [5.41, 5.74) is 0.0448. The normalized spacial score (nSPS) is 50.5. The van der Waals surface area contributed by atoms with Crippen molar-refractivity contribution in [2.45, 2.75) is 43.3 Å². The highest BCUT2D eigenvalue weighted by Crippen LogP contribution is 2.41. The van der Waals surface area contributed by atoms with Crippen molar-refractivity contribution in [1.29, 1.82) is 0 Å². The fraction of sp³-hybridized carbons (Fsp3) is 1.00. The molecule has 0 aromatic rings. The van der Waals surface area contributed by atoms with E-state index in [1.807, 2.05) is 0 Å². The van der Waals surface area contributed by atoms with Crippen LogP contribution in [0.15, 0.2) is 0 Å². The highest BCUT2D eigenvalue weighted by molar-refractivity contribution is 7.81. The van der Waals surface area contributed by atoms with Crippen LogP contribution in [0.4, 0.5) is 0 Å². The van der Waals surface area contributed by atoms with Gasteiger partial charge in [0.1, 0.15) is 0 Å². The van der Waals surface area contributed by atoms with Crippen LogP contribution in [0.25, 0.3) is 0 Å². The van der Waals surface area contributed by atoms with E-state index in [0.717, 1.165) is 13.0 Å². The van der Waals surface area contributed by atoms with E-state index in [2.05, 4.69) is 30.2 Å². The lowest BCUT2D eigenvalue weighted by Crippen LogP contribution is -2.50. The molecule has 4 heteroatoms. The maximum absolute atomic E-state index is 9.38. The van der Waals surface area contributed by atoms with Gasteiger partial charge in [0.05, 0.1) is 0 Å². The Morgan fingerprint density at radius 3 is 2.85 bits per heavy atom.